The van der Waals surface area contributed by atoms with Crippen molar-refractivity contribution < 1.29 is 8.78 Å². The van der Waals surface area contributed by atoms with Crippen molar-refractivity contribution in [2.45, 2.75) is 32.9 Å². The van der Waals surface area contributed by atoms with E-state index in [0.29, 0.717) is 5.71 Å². The second-order valence-electron chi connectivity index (χ2n) is 7.27. The molecule has 31 heavy (non-hydrogen) atoms. The van der Waals surface area contributed by atoms with Crippen LogP contribution in [0.1, 0.15) is 23.2 Å². The minimum Gasteiger partial charge on any atom is -0.336 e. The van der Waals surface area contributed by atoms with Crippen molar-refractivity contribution in [3.05, 3.63) is 83.9 Å². The molecule has 3 aromatic rings. The zero-order chi connectivity index (χ0) is 21.6. The van der Waals surface area contributed by atoms with Crippen LogP contribution in [-0.2, 0) is 13.1 Å². The zero-order valence-corrected chi connectivity index (χ0v) is 18.0. The maximum absolute atomic E-state index is 12.8. The molecule has 0 radical (unpaired) electrons. The minimum atomic E-state index is -2.55. The second kappa shape index (κ2) is 9.87. The highest BCUT2D eigenvalue weighted by atomic mass is 32.2. The lowest BCUT2D eigenvalue weighted by atomic mass is 10.0. The number of rotatable bonds is 9. The number of para-hydroxylation sites is 1. The number of benzene rings is 2. The highest BCUT2D eigenvalue weighted by Gasteiger charge is 2.21. The van der Waals surface area contributed by atoms with Gasteiger partial charge in [-0.05, 0) is 42.1 Å². The van der Waals surface area contributed by atoms with E-state index in [1.165, 1.54) is 0 Å². The van der Waals surface area contributed by atoms with E-state index in [2.05, 4.69) is 36.2 Å². The van der Waals surface area contributed by atoms with Crippen molar-refractivity contribution in [1.29, 1.82) is 0 Å². The number of anilines is 1. The van der Waals surface area contributed by atoms with Gasteiger partial charge in [0.1, 0.15) is 5.71 Å². The molecule has 1 aromatic heterocycles. The Morgan fingerprint density at radius 2 is 1.84 bits per heavy atom. The summed E-state index contributed by atoms with van der Waals surface area (Å²) in [7, 11) is 0. The fraction of sp³-hybridized carbons (Fsp3) is 0.261. The molecule has 2 aromatic carbocycles. The lowest BCUT2D eigenvalue weighted by Gasteiger charge is -2.24. The Hall–Kier alpha value is -3.00. The van der Waals surface area contributed by atoms with Gasteiger partial charge in [-0.1, -0.05) is 42.5 Å². The molecule has 0 spiro atoms. The number of hydrogen-bond acceptors (Lipinski definition) is 5. The third-order valence-corrected chi connectivity index (χ3v) is 5.93. The van der Waals surface area contributed by atoms with Crippen molar-refractivity contribution in [1.82, 2.24) is 9.55 Å². The van der Waals surface area contributed by atoms with Gasteiger partial charge in [0, 0.05) is 30.6 Å². The third-order valence-electron chi connectivity index (χ3n) is 4.92. The molecular weight excluding hydrogens is 416 g/mol. The Kier molecular flexibility index (Phi) is 6.76. The molecule has 0 saturated carbocycles. The van der Waals surface area contributed by atoms with Crippen LogP contribution in [0.5, 0.6) is 0 Å². The molecular formula is C23H23F2N5S. The number of imidazole rings is 1. The first-order chi connectivity index (χ1) is 15.1. The van der Waals surface area contributed by atoms with Gasteiger partial charge >= 0.3 is 0 Å². The van der Waals surface area contributed by atoms with Crippen LogP contribution in [0.15, 0.2) is 77.3 Å². The SMILES string of the molecule is Cc1cn(CCSN(Cc2ccc(C3=NN=C(C(F)F)C3)cc2)c2ccccc2)cn1. The van der Waals surface area contributed by atoms with Gasteiger partial charge in [-0.2, -0.15) is 10.2 Å². The Balaban J connectivity index is 1.40. The van der Waals surface area contributed by atoms with Crippen LogP contribution in [0.2, 0.25) is 0 Å². The summed E-state index contributed by atoms with van der Waals surface area (Å²) in [6.07, 6.45) is 1.46. The van der Waals surface area contributed by atoms with Gasteiger partial charge in [0.2, 0.25) is 0 Å². The highest BCUT2D eigenvalue weighted by molar-refractivity contribution is 8.00. The molecule has 4 rings (SSSR count). The molecule has 0 aliphatic carbocycles. The summed E-state index contributed by atoms with van der Waals surface area (Å²) in [6, 6.07) is 18.2. The Bertz CT molecular complexity index is 1060. The van der Waals surface area contributed by atoms with E-state index in [9.17, 15) is 8.78 Å². The van der Waals surface area contributed by atoms with Crippen molar-refractivity contribution in [3.63, 3.8) is 0 Å². The number of nitrogens with zero attached hydrogens (tertiary/aromatic N) is 5. The lowest BCUT2D eigenvalue weighted by Crippen LogP contribution is -2.16. The maximum atomic E-state index is 12.8. The second-order valence-corrected chi connectivity index (χ2v) is 8.38. The summed E-state index contributed by atoms with van der Waals surface area (Å²) in [6.45, 7) is 3.59. The van der Waals surface area contributed by atoms with Crippen LogP contribution in [0.3, 0.4) is 0 Å². The molecule has 160 valence electrons. The van der Waals surface area contributed by atoms with E-state index in [-0.39, 0.29) is 12.1 Å². The molecule has 2 heterocycles. The fourth-order valence-electron chi connectivity index (χ4n) is 3.27. The van der Waals surface area contributed by atoms with E-state index in [1.807, 2.05) is 61.9 Å². The van der Waals surface area contributed by atoms with Crippen LogP contribution in [0.25, 0.3) is 0 Å². The lowest BCUT2D eigenvalue weighted by molar-refractivity contribution is 0.224. The first kappa shape index (κ1) is 21.2. The molecule has 0 unspecified atom stereocenters. The predicted octanol–water partition coefficient (Wildman–Crippen LogP) is 5.36. The van der Waals surface area contributed by atoms with Gasteiger partial charge in [0.25, 0.3) is 6.43 Å². The largest absolute Gasteiger partial charge is 0.336 e. The summed E-state index contributed by atoms with van der Waals surface area (Å²) < 4.78 is 29.9. The molecule has 0 N–H and O–H groups in total. The molecule has 1 aliphatic heterocycles. The Morgan fingerprint density at radius 3 is 2.48 bits per heavy atom. The van der Waals surface area contributed by atoms with Crippen LogP contribution in [0.4, 0.5) is 14.5 Å². The van der Waals surface area contributed by atoms with E-state index >= 15 is 0 Å². The summed E-state index contributed by atoms with van der Waals surface area (Å²) in [5.41, 5.74) is 4.53. The summed E-state index contributed by atoms with van der Waals surface area (Å²) >= 11 is 1.77. The molecule has 8 heteroatoms. The minimum absolute atomic E-state index is 0.108. The standard InChI is InChI=1S/C23H23F2N5S/c1-17-14-29(16-26-17)11-12-31-30(20-5-3-2-4-6-20)15-18-7-9-19(10-8-18)21-13-22(23(24)25)28-27-21/h2-10,14,16,23H,11-13,15H2,1H3. The van der Waals surface area contributed by atoms with Gasteiger partial charge in [-0.3, -0.25) is 0 Å². The first-order valence-electron chi connectivity index (χ1n) is 10.0. The molecule has 0 amide bonds. The molecule has 0 atom stereocenters. The monoisotopic (exact) mass is 439 g/mol. The maximum Gasteiger partial charge on any atom is 0.278 e. The van der Waals surface area contributed by atoms with Crippen molar-refractivity contribution in [2.24, 2.45) is 10.2 Å². The number of halogens is 2. The number of alkyl halides is 2. The molecule has 1 aliphatic rings. The van der Waals surface area contributed by atoms with Gasteiger partial charge in [0.15, 0.2) is 0 Å². The molecule has 0 saturated heterocycles. The Morgan fingerprint density at radius 1 is 1.06 bits per heavy atom. The van der Waals surface area contributed by atoms with Crippen molar-refractivity contribution >= 4 is 29.1 Å². The summed E-state index contributed by atoms with van der Waals surface area (Å²) in [5.74, 6) is 0.910. The average Bonchev–Trinajstić information content (AvgIpc) is 3.44. The summed E-state index contributed by atoms with van der Waals surface area (Å²) in [5, 5.41) is 7.52. The normalized spacial score (nSPS) is 13.4. The van der Waals surface area contributed by atoms with E-state index in [0.717, 1.165) is 41.4 Å². The fourth-order valence-corrected chi connectivity index (χ4v) is 4.30. The van der Waals surface area contributed by atoms with E-state index in [4.69, 9.17) is 0 Å². The predicted molar refractivity (Wildman–Crippen MR) is 123 cm³/mol. The topological polar surface area (TPSA) is 45.8 Å². The first-order valence-corrected chi connectivity index (χ1v) is 11.0. The van der Waals surface area contributed by atoms with Gasteiger partial charge < -0.3 is 8.87 Å². The number of aryl methyl sites for hydroxylation is 2. The van der Waals surface area contributed by atoms with Crippen LogP contribution >= 0.6 is 11.9 Å². The van der Waals surface area contributed by atoms with Gasteiger partial charge in [-0.15, -0.1) is 0 Å². The molecule has 0 bridgehead atoms. The van der Waals surface area contributed by atoms with E-state index in [1.54, 1.807) is 11.9 Å². The Labute approximate surface area is 184 Å². The van der Waals surface area contributed by atoms with Crippen LogP contribution in [0, 0.1) is 6.92 Å². The highest BCUT2D eigenvalue weighted by Crippen LogP contribution is 2.26. The number of hydrogen-bond donors (Lipinski definition) is 0. The zero-order valence-electron chi connectivity index (χ0n) is 17.2. The van der Waals surface area contributed by atoms with E-state index < -0.39 is 6.43 Å². The smallest absolute Gasteiger partial charge is 0.278 e. The van der Waals surface area contributed by atoms with Crippen molar-refractivity contribution in [3.8, 4) is 0 Å². The van der Waals surface area contributed by atoms with Crippen molar-refractivity contribution in [2.75, 3.05) is 10.1 Å². The quantitative estimate of drug-likeness (QED) is 0.422. The third kappa shape index (κ3) is 5.58. The van der Waals surface area contributed by atoms with Gasteiger partial charge in [-0.25, -0.2) is 13.8 Å². The van der Waals surface area contributed by atoms with Gasteiger partial charge in [0.05, 0.1) is 24.3 Å². The average molecular weight is 440 g/mol. The molecule has 5 nitrogen and oxygen atoms in total. The molecule has 0 fully saturated rings. The van der Waals surface area contributed by atoms with Crippen LogP contribution in [-0.4, -0.2) is 33.2 Å². The number of aromatic nitrogens is 2. The van der Waals surface area contributed by atoms with Crippen LogP contribution < -0.4 is 4.31 Å². The summed E-state index contributed by atoms with van der Waals surface area (Å²) in [4.78, 5) is 4.28.